The van der Waals surface area contributed by atoms with Gasteiger partial charge in [-0.15, -0.1) is 0 Å². The summed E-state index contributed by atoms with van der Waals surface area (Å²) in [5.41, 5.74) is 6.24. The molecular formula is C15H21N5O2. The molecule has 0 bridgehead atoms. The molecule has 4 N–H and O–H groups in total. The summed E-state index contributed by atoms with van der Waals surface area (Å²) in [6.45, 7) is 4.68. The predicted octanol–water partition coefficient (Wildman–Crippen LogP) is -0.453. The summed E-state index contributed by atoms with van der Waals surface area (Å²) in [4.78, 5) is 30.3. The molecular weight excluding hydrogens is 282 g/mol. The van der Waals surface area contributed by atoms with Gasteiger partial charge in [0.05, 0.1) is 5.56 Å². The standard InChI is InChI=1S/C15H21N5O2/c1-10-2-3-11(12(16)21)13(19-10)20-8-4-15(5-9-20)14(22)17-6-7-18-15/h2-3,18H,4-9H2,1H3,(H2,16,21)(H,17,22). The number of piperazine rings is 1. The Labute approximate surface area is 129 Å². The number of aromatic nitrogens is 1. The van der Waals surface area contributed by atoms with Gasteiger partial charge in [0.2, 0.25) is 5.91 Å². The number of pyridine rings is 1. The summed E-state index contributed by atoms with van der Waals surface area (Å²) < 4.78 is 0. The maximum Gasteiger partial charge on any atom is 0.252 e. The zero-order valence-corrected chi connectivity index (χ0v) is 12.7. The fourth-order valence-electron chi connectivity index (χ4n) is 3.21. The lowest BCUT2D eigenvalue weighted by molar-refractivity contribution is -0.130. The van der Waals surface area contributed by atoms with Gasteiger partial charge in [-0.3, -0.25) is 9.59 Å². The zero-order chi connectivity index (χ0) is 15.7. The van der Waals surface area contributed by atoms with E-state index in [1.807, 2.05) is 11.8 Å². The third-order valence-electron chi connectivity index (χ3n) is 4.50. The van der Waals surface area contributed by atoms with Crippen molar-refractivity contribution in [1.82, 2.24) is 15.6 Å². The number of carbonyl (C=O) groups excluding carboxylic acids is 2. The molecule has 2 fully saturated rings. The molecule has 118 valence electrons. The summed E-state index contributed by atoms with van der Waals surface area (Å²) in [5.74, 6) is 0.223. The van der Waals surface area contributed by atoms with E-state index < -0.39 is 11.4 Å². The first-order chi connectivity index (χ1) is 10.5. The minimum absolute atomic E-state index is 0.0747. The van der Waals surface area contributed by atoms with Crippen molar-refractivity contribution < 1.29 is 9.59 Å². The molecule has 0 saturated carbocycles. The maximum absolute atomic E-state index is 12.2. The smallest absolute Gasteiger partial charge is 0.252 e. The van der Waals surface area contributed by atoms with Gasteiger partial charge in [0, 0.05) is 31.9 Å². The Hall–Kier alpha value is -2.15. The quantitative estimate of drug-likeness (QED) is 0.687. The van der Waals surface area contributed by atoms with Crippen LogP contribution in [-0.4, -0.2) is 48.5 Å². The SMILES string of the molecule is Cc1ccc(C(N)=O)c(N2CCC3(CC2)NCCNC3=O)n1. The molecule has 7 heteroatoms. The second kappa shape index (κ2) is 5.57. The summed E-state index contributed by atoms with van der Waals surface area (Å²) >= 11 is 0. The monoisotopic (exact) mass is 303 g/mol. The maximum atomic E-state index is 12.2. The molecule has 0 unspecified atom stereocenters. The van der Waals surface area contributed by atoms with Crippen LogP contribution in [0, 0.1) is 6.92 Å². The van der Waals surface area contributed by atoms with E-state index in [9.17, 15) is 9.59 Å². The number of anilines is 1. The number of hydrogen-bond acceptors (Lipinski definition) is 5. The van der Waals surface area contributed by atoms with E-state index in [1.54, 1.807) is 12.1 Å². The first-order valence-electron chi connectivity index (χ1n) is 7.58. The number of nitrogens with zero attached hydrogens (tertiary/aromatic N) is 2. The van der Waals surface area contributed by atoms with Gasteiger partial charge < -0.3 is 21.3 Å². The van der Waals surface area contributed by atoms with Crippen molar-refractivity contribution in [3.63, 3.8) is 0 Å². The molecule has 0 aromatic carbocycles. The van der Waals surface area contributed by atoms with E-state index in [-0.39, 0.29) is 5.91 Å². The molecule has 1 aromatic rings. The van der Waals surface area contributed by atoms with Gasteiger partial charge in [0.1, 0.15) is 11.4 Å². The summed E-state index contributed by atoms with van der Waals surface area (Å²) in [6.07, 6.45) is 1.37. The van der Waals surface area contributed by atoms with E-state index in [2.05, 4.69) is 15.6 Å². The Morgan fingerprint density at radius 2 is 2.05 bits per heavy atom. The van der Waals surface area contributed by atoms with Crippen molar-refractivity contribution in [2.24, 2.45) is 5.73 Å². The number of nitrogens with one attached hydrogen (secondary N) is 2. The van der Waals surface area contributed by atoms with E-state index in [0.29, 0.717) is 43.9 Å². The Morgan fingerprint density at radius 1 is 1.32 bits per heavy atom. The van der Waals surface area contributed by atoms with Gasteiger partial charge in [0.25, 0.3) is 5.91 Å². The number of piperidine rings is 1. The van der Waals surface area contributed by atoms with Crippen LogP contribution in [0.25, 0.3) is 0 Å². The molecule has 3 rings (SSSR count). The lowest BCUT2D eigenvalue weighted by Gasteiger charge is -2.44. The fourth-order valence-corrected chi connectivity index (χ4v) is 3.21. The number of hydrogen-bond donors (Lipinski definition) is 3. The number of primary amides is 1. The van der Waals surface area contributed by atoms with Crippen molar-refractivity contribution in [1.29, 1.82) is 0 Å². The van der Waals surface area contributed by atoms with Crippen LogP contribution in [0.4, 0.5) is 5.82 Å². The van der Waals surface area contributed by atoms with Crippen molar-refractivity contribution in [3.05, 3.63) is 23.4 Å². The van der Waals surface area contributed by atoms with Crippen LogP contribution in [0.5, 0.6) is 0 Å². The highest BCUT2D eigenvalue weighted by atomic mass is 16.2. The van der Waals surface area contributed by atoms with Crippen molar-refractivity contribution in [3.8, 4) is 0 Å². The molecule has 2 aliphatic rings. The average molecular weight is 303 g/mol. The molecule has 1 aromatic heterocycles. The molecule has 1 spiro atoms. The van der Waals surface area contributed by atoms with Gasteiger partial charge >= 0.3 is 0 Å². The molecule has 0 radical (unpaired) electrons. The highest BCUT2D eigenvalue weighted by Gasteiger charge is 2.43. The van der Waals surface area contributed by atoms with Gasteiger partial charge in [-0.1, -0.05) is 0 Å². The topological polar surface area (TPSA) is 100 Å². The molecule has 0 atom stereocenters. The number of carbonyl (C=O) groups is 2. The molecule has 2 aliphatic heterocycles. The van der Waals surface area contributed by atoms with Gasteiger partial charge in [-0.25, -0.2) is 4.98 Å². The van der Waals surface area contributed by atoms with Gasteiger partial charge in [-0.05, 0) is 31.9 Å². The Kier molecular flexibility index (Phi) is 3.74. The van der Waals surface area contributed by atoms with Gasteiger partial charge in [-0.2, -0.15) is 0 Å². The minimum atomic E-state index is -0.481. The fraction of sp³-hybridized carbons (Fsp3) is 0.533. The van der Waals surface area contributed by atoms with Crippen molar-refractivity contribution >= 4 is 17.6 Å². The lowest BCUT2D eigenvalue weighted by Crippen LogP contribution is -2.66. The predicted molar refractivity (Wildman–Crippen MR) is 82.7 cm³/mol. The lowest BCUT2D eigenvalue weighted by atomic mass is 9.85. The van der Waals surface area contributed by atoms with Crippen molar-refractivity contribution in [2.75, 3.05) is 31.1 Å². The summed E-state index contributed by atoms with van der Waals surface area (Å²) in [7, 11) is 0. The first kappa shape index (κ1) is 14.8. The molecule has 7 nitrogen and oxygen atoms in total. The highest BCUT2D eigenvalue weighted by Crippen LogP contribution is 2.28. The number of nitrogens with two attached hydrogens (primary N) is 1. The van der Waals surface area contributed by atoms with E-state index >= 15 is 0 Å². The van der Waals surface area contributed by atoms with E-state index in [1.165, 1.54) is 0 Å². The molecule has 22 heavy (non-hydrogen) atoms. The third kappa shape index (κ3) is 2.52. The van der Waals surface area contributed by atoms with Gasteiger partial charge in [0.15, 0.2) is 0 Å². The Morgan fingerprint density at radius 3 is 2.68 bits per heavy atom. The Bertz CT molecular complexity index is 608. The summed E-state index contributed by atoms with van der Waals surface area (Å²) in [6, 6.07) is 3.50. The minimum Gasteiger partial charge on any atom is -0.365 e. The van der Waals surface area contributed by atoms with E-state index in [0.717, 1.165) is 12.2 Å². The normalized spacial score (nSPS) is 20.8. The Balaban J connectivity index is 1.81. The molecule has 2 saturated heterocycles. The molecule has 0 aliphatic carbocycles. The zero-order valence-electron chi connectivity index (χ0n) is 12.7. The molecule has 3 heterocycles. The summed E-state index contributed by atoms with van der Waals surface area (Å²) in [5, 5.41) is 6.28. The van der Waals surface area contributed by atoms with Crippen LogP contribution in [0.1, 0.15) is 28.9 Å². The van der Waals surface area contributed by atoms with E-state index in [4.69, 9.17) is 5.73 Å². The van der Waals surface area contributed by atoms with Crippen LogP contribution >= 0.6 is 0 Å². The van der Waals surface area contributed by atoms with Crippen LogP contribution in [0.15, 0.2) is 12.1 Å². The number of rotatable bonds is 2. The van der Waals surface area contributed by atoms with Crippen LogP contribution in [0.2, 0.25) is 0 Å². The van der Waals surface area contributed by atoms with Crippen LogP contribution < -0.4 is 21.3 Å². The number of aryl methyl sites for hydroxylation is 1. The molecule has 2 amide bonds. The second-order valence-electron chi connectivity index (χ2n) is 5.94. The van der Waals surface area contributed by atoms with Crippen LogP contribution in [0.3, 0.4) is 0 Å². The second-order valence-corrected chi connectivity index (χ2v) is 5.94. The largest absolute Gasteiger partial charge is 0.365 e. The average Bonchev–Trinajstić information content (AvgIpc) is 2.51. The first-order valence-corrected chi connectivity index (χ1v) is 7.58. The van der Waals surface area contributed by atoms with Crippen LogP contribution in [-0.2, 0) is 4.79 Å². The van der Waals surface area contributed by atoms with Crippen molar-refractivity contribution in [2.45, 2.75) is 25.3 Å². The third-order valence-corrected chi connectivity index (χ3v) is 4.50. The number of amides is 2. The highest BCUT2D eigenvalue weighted by molar-refractivity contribution is 5.97.